The highest BCUT2D eigenvalue weighted by molar-refractivity contribution is 7.89. The molecule has 118 valence electrons. The van der Waals surface area contributed by atoms with E-state index in [4.69, 9.17) is 0 Å². The van der Waals surface area contributed by atoms with E-state index in [0.717, 1.165) is 0 Å². The van der Waals surface area contributed by atoms with E-state index in [2.05, 4.69) is 10.1 Å². The molecule has 1 atom stereocenters. The summed E-state index contributed by atoms with van der Waals surface area (Å²) >= 11 is 0. The van der Waals surface area contributed by atoms with Crippen molar-refractivity contribution < 1.29 is 17.9 Å². The van der Waals surface area contributed by atoms with Crippen LogP contribution in [0.15, 0.2) is 29.2 Å². The molecule has 0 unspecified atom stereocenters. The molecule has 6 nitrogen and oxygen atoms in total. The van der Waals surface area contributed by atoms with Gasteiger partial charge in [0.05, 0.1) is 17.6 Å². The maximum absolute atomic E-state index is 12.5. The number of ether oxygens (including phenoxy) is 1. The van der Waals surface area contributed by atoms with E-state index >= 15 is 0 Å². The lowest BCUT2D eigenvalue weighted by atomic mass is 10.2. The molecule has 0 aromatic heterocycles. The fraction of sp³-hybridized carbons (Fsp3) is 0.462. The summed E-state index contributed by atoms with van der Waals surface area (Å²) in [6.07, 6.45) is 0. The lowest BCUT2D eigenvalue weighted by Gasteiger charge is -2.32. The highest BCUT2D eigenvalue weighted by Crippen LogP contribution is 2.20. The predicted molar refractivity (Wildman–Crippen MR) is 81.3 cm³/mol. The fourth-order valence-corrected chi connectivity index (χ4v) is 3.83. The number of carbonyl (C=O) groups excluding carboxylic acids is 1. The molecule has 21 heavy (non-hydrogen) atoms. The van der Waals surface area contributed by atoms with E-state index in [-0.39, 0.29) is 23.3 Å². The predicted octanol–water partition coefficient (Wildman–Crippen LogP) is 0.877. The highest BCUT2D eigenvalue weighted by Gasteiger charge is 2.30. The summed E-state index contributed by atoms with van der Waals surface area (Å²) in [6, 6.07) is 5.72. The van der Waals surface area contributed by atoms with Crippen molar-refractivity contribution in [2.24, 2.45) is 0 Å². The number of hydrogen-bond acceptors (Lipinski definition) is 5. The summed E-state index contributed by atoms with van der Waals surface area (Å²) in [5.41, 5.74) is 0.333. The zero-order chi connectivity index (χ0) is 14.8. The Kier molecular flexibility index (Phi) is 6.15. The van der Waals surface area contributed by atoms with Crippen LogP contribution >= 0.6 is 12.4 Å². The van der Waals surface area contributed by atoms with Crippen LogP contribution in [0.25, 0.3) is 0 Å². The van der Waals surface area contributed by atoms with Gasteiger partial charge in [0.2, 0.25) is 10.0 Å². The molecule has 0 saturated carbocycles. The molecule has 0 aliphatic carbocycles. The zero-order valence-electron chi connectivity index (χ0n) is 11.9. The van der Waals surface area contributed by atoms with Crippen molar-refractivity contribution in [1.82, 2.24) is 9.62 Å². The summed E-state index contributed by atoms with van der Waals surface area (Å²) in [5.74, 6) is -0.482. The van der Waals surface area contributed by atoms with Crippen LogP contribution in [0.2, 0.25) is 0 Å². The van der Waals surface area contributed by atoms with Crippen LogP contribution in [0.3, 0.4) is 0 Å². The first-order valence-electron chi connectivity index (χ1n) is 6.38. The van der Waals surface area contributed by atoms with Gasteiger partial charge in [-0.3, -0.25) is 0 Å². The molecule has 1 heterocycles. The molecular weight excluding hydrogens is 316 g/mol. The summed E-state index contributed by atoms with van der Waals surface area (Å²) in [7, 11) is -2.23. The van der Waals surface area contributed by atoms with Crippen LogP contribution < -0.4 is 5.32 Å². The van der Waals surface area contributed by atoms with E-state index in [1.807, 2.05) is 6.92 Å². The minimum absolute atomic E-state index is 0. The molecule has 0 spiro atoms. The second kappa shape index (κ2) is 7.22. The first-order chi connectivity index (χ1) is 9.46. The molecule has 1 N–H and O–H groups in total. The average molecular weight is 335 g/mol. The van der Waals surface area contributed by atoms with Crippen LogP contribution in [0, 0.1) is 0 Å². The third kappa shape index (κ3) is 3.74. The van der Waals surface area contributed by atoms with Crippen LogP contribution in [0.4, 0.5) is 0 Å². The van der Waals surface area contributed by atoms with Gasteiger partial charge < -0.3 is 10.1 Å². The Hall–Kier alpha value is -1.15. The van der Waals surface area contributed by atoms with E-state index in [0.29, 0.717) is 25.2 Å². The fourth-order valence-electron chi connectivity index (χ4n) is 2.20. The van der Waals surface area contributed by atoms with Gasteiger partial charge in [0.15, 0.2) is 0 Å². The minimum Gasteiger partial charge on any atom is -0.465 e. The number of nitrogens with zero attached hydrogens (tertiary/aromatic N) is 1. The van der Waals surface area contributed by atoms with Crippen molar-refractivity contribution in [2.75, 3.05) is 26.7 Å². The molecule has 1 aromatic carbocycles. The number of carbonyl (C=O) groups is 1. The van der Waals surface area contributed by atoms with Crippen molar-refractivity contribution >= 4 is 28.4 Å². The van der Waals surface area contributed by atoms with E-state index in [1.165, 1.54) is 35.7 Å². The SMILES string of the molecule is COC(=O)c1ccc(S(=O)(=O)N2CCNC[C@H]2C)cc1.Cl. The van der Waals surface area contributed by atoms with Gasteiger partial charge in [0, 0.05) is 25.7 Å². The Morgan fingerprint density at radius 2 is 1.95 bits per heavy atom. The van der Waals surface area contributed by atoms with Crippen LogP contribution in [0.5, 0.6) is 0 Å². The maximum Gasteiger partial charge on any atom is 0.337 e. The first kappa shape index (κ1) is 17.9. The van der Waals surface area contributed by atoms with Gasteiger partial charge in [0.25, 0.3) is 0 Å². The molecule has 0 bridgehead atoms. The average Bonchev–Trinajstić information content (AvgIpc) is 2.47. The number of esters is 1. The van der Waals surface area contributed by atoms with Gasteiger partial charge in [-0.05, 0) is 31.2 Å². The Morgan fingerprint density at radius 1 is 1.33 bits per heavy atom. The smallest absolute Gasteiger partial charge is 0.337 e. The van der Waals surface area contributed by atoms with Gasteiger partial charge in [-0.15, -0.1) is 12.4 Å². The maximum atomic E-state index is 12.5. The molecule has 8 heteroatoms. The first-order valence-corrected chi connectivity index (χ1v) is 7.82. The lowest BCUT2D eigenvalue weighted by molar-refractivity contribution is 0.0600. The van der Waals surface area contributed by atoms with Crippen LogP contribution in [-0.4, -0.2) is 51.5 Å². The molecule has 0 amide bonds. The Labute approximate surface area is 130 Å². The number of hydrogen-bond donors (Lipinski definition) is 1. The largest absolute Gasteiger partial charge is 0.465 e. The van der Waals surface area contributed by atoms with E-state index in [9.17, 15) is 13.2 Å². The van der Waals surface area contributed by atoms with Crippen molar-refractivity contribution in [1.29, 1.82) is 0 Å². The number of methoxy groups -OCH3 is 1. The van der Waals surface area contributed by atoms with Crippen molar-refractivity contribution in [3.63, 3.8) is 0 Å². The third-order valence-corrected chi connectivity index (χ3v) is 5.35. The Morgan fingerprint density at radius 3 is 2.48 bits per heavy atom. The number of sulfonamides is 1. The number of nitrogens with one attached hydrogen (secondary N) is 1. The summed E-state index contributed by atoms with van der Waals surface area (Å²) in [5, 5.41) is 3.15. The third-order valence-electron chi connectivity index (χ3n) is 3.32. The second-order valence-electron chi connectivity index (χ2n) is 4.68. The normalized spacial score (nSPS) is 19.6. The number of halogens is 1. The number of rotatable bonds is 3. The van der Waals surface area contributed by atoms with Crippen molar-refractivity contribution in [3.05, 3.63) is 29.8 Å². The molecule has 1 aromatic rings. The van der Waals surface area contributed by atoms with Crippen molar-refractivity contribution in [3.8, 4) is 0 Å². The van der Waals surface area contributed by atoms with Crippen molar-refractivity contribution in [2.45, 2.75) is 17.9 Å². The van der Waals surface area contributed by atoms with E-state index in [1.54, 1.807) is 0 Å². The monoisotopic (exact) mass is 334 g/mol. The van der Waals surface area contributed by atoms with E-state index < -0.39 is 16.0 Å². The molecular formula is C13H19ClN2O4S. The topological polar surface area (TPSA) is 75.7 Å². The van der Waals surface area contributed by atoms with Gasteiger partial charge in [-0.1, -0.05) is 0 Å². The Bertz CT molecular complexity index is 589. The van der Waals surface area contributed by atoms with Crippen LogP contribution in [0.1, 0.15) is 17.3 Å². The van der Waals surface area contributed by atoms with Gasteiger partial charge in [-0.25, -0.2) is 13.2 Å². The molecule has 1 aliphatic rings. The standard InChI is InChI=1S/C13H18N2O4S.ClH/c1-10-9-14-7-8-15(10)20(17,18)12-5-3-11(4-6-12)13(16)19-2;/h3-6,10,14H,7-9H2,1-2H3;1H/t10-;/m1./s1. The molecule has 1 aliphatic heterocycles. The molecule has 0 radical (unpaired) electrons. The van der Waals surface area contributed by atoms with Gasteiger partial charge >= 0.3 is 5.97 Å². The van der Waals surface area contributed by atoms with Gasteiger partial charge in [-0.2, -0.15) is 4.31 Å². The number of piperazine rings is 1. The molecule has 1 saturated heterocycles. The number of benzene rings is 1. The second-order valence-corrected chi connectivity index (χ2v) is 6.58. The molecule has 2 rings (SSSR count). The Balaban J connectivity index is 0.00000220. The minimum atomic E-state index is -3.52. The summed E-state index contributed by atoms with van der Waals surface area (Å²) in [6.45, 7) is 3.60. The van der Waals surface area contributed by atoms with Crippen LogP contribution in [-0.2, 0) is 14.8 Å². The quantitative estimate of drug-likeness (QED) is 0.830. The van der Waals surface area contributed by atoms with Gasteiger partial charge in [0.1, 0.15) is 0 Å². The molecule has 1 fully saturated rings. The summed E-state index contributed by atoms with van der Waals surface area (Å²) < 4.78 is 31.1. The summed E-state index contributed by atoms with van der Waals surface area (Å²) in [4.78, 5) is 11.5. The zero-order valence-corrected chi connectivity index (χ0v) is 13.5. The highest BCUT2D eigenvalue weighted by atomic mass is 35.5. The lowest BCUT2D eigenvalue weighted by Crippen LogP contribution is -2.52.